The third-order valence-electron chi connectivity index (χ3n) is 5.44. The molecule has 1 heterocycles. The van der Waals surface area contributed by atoms with Gasteiger partial charge in [0.1, 0.15) is 5.75 Å². The Morgan fingerprint density at radius 2 is 1.64 bits per heavy atom. The second kappa shape index (κ2) is 10.7. The molecular formula is C24H30N2O6S. The smallest absolute Gasteiger partial charge is 0.309 e. The molecule has 0 atom stereocenters. The molecule has 8 nitrogen and oxygen atoms in total. The molecule has 2 aromatic carbocycles. The molecule has 1 saturated heterocycles. The van der Waals surface area contributed by atoms with Crippen LogP contribution in [0.15, 0.2) is 47.4 Å². The van der Waals surface area contributed by atoms with Crippen LogP contribution in [0, 0.1) is 19.8 Å². The first kappa shape index (κ1) is 24.6. The van der Waals surface area contributed by atoms with E-state index in [9.17, 15) is 18.0 Å². The number of amides is 1. The van der Waals surface area contributed by atoms with Crippen LogP contribution in [-0.4, -0.2) is 51.5 Å². The second-order valence-corrected chi connectivity index (χ2v) is 9.83. The molecule has 3 rings (SSSR count). The van der Waals surface area contributed by atoms with Gasteiger partial charge in [-0.1, -0.05) is 6.07 Å². The highest BCUT2D eigenvalue weighted by Gasteiger charge is 2.28. The highest BCUT2D eigenvalue weighted by atomic mass is 32.2. The Labute approximate surface area is 194 Å². The van der Waals surface area contributed by atoms with Crippen molar-refractivity contribution in [3.8, 4) is 5.75 Å². The summed E-state index contributed by atoms with van der Waals surface area (Å²) in [7, 11) is -3.75. The summed E-state index contributed by atoms with van der Waals surface area (Å²) >= 11 is 0. The Balaban J connectivity index is 1.52. The van der Waals surface area contributed by atoms with Crippen molar-refractivity contribution in [2.45, 2.75) is 38.5 Å². The maximum atomic E-state index is 12.7. The average Bonchev–Trinajstić information content (AvgIpc) is 2.77. The molecule has 178 valence electrons. The number of ether oxygens (including phenoxy) is 2. The van der Waals surface area contributed by atoms with Crippen molar-refractivity contribution in [2.24, 2.45) is 5.92 Å². The zero-order valence-corrected chi connectivity index (χ0v) is 20.0. The van der Waals surface area contributed by atoms with Crippen LogP contribution in [0.5, 0.6) is 5.75 Å². The standard InChI is InChI=1S/C24H30N2O6S/c1-4-31-24(28)19-9-11-26(12-10-19)23(27)16-32-21-5-7-22(8-6-21)33(29,30)25-20-14-17(2)13-18(3)15-20/h5-8,13-15,19,25H,4,9-12,16H2,1-3H3. The van der Waals surface area contributed by atoms with E-state index in [2.05, 4.69) is 4.72 Å². The van der Waals surface area contributed by atoms with E-state index >= 15 is 0 Å². The highest BCUT2D eigenvalue weighted by molar-refractivity contribution is 7.92. The van der Waals surface area contributed by atoms with Gasteiger partial charge < -0.3 is 14.4 Å². The number of esters is 1. The number of hydrogen-bond donors (Lipinski definition) is 1. The monoisotopic (exact) mass is 474 g/mol. The van der Waals surface area contributed by atoms with E-state index < -0.39 is 10.0 Å². The van der Waals surface area contributed by atoms with Gasteiger partial charge >= 0.3 is 5.97 Å². The lowest BCUT2D eigenvalue weighted by molar-refractivity contribution is -0.151. The molecule has 2 aromatic rings. The van der Waals surface area contributed by atoms with Gasteiger partial charge in [0.2, 0.25) is 0 Å². The van der Waals surface area contributed by atoms with E-state index in [4.69, 9.17) is 9.47 Å². The van der Waals surface area contributed by atoms with E-state index in [0.717, 1.165) is 11.1 Å². The van der Waals surface area contributed by atoms with Gasteiger partial charge in [-0.25, -0.2) is 8.42 Å². The molecule has 0 spiro atoms. The molecule has 33 heavy (non-hydrogen) atoms. The molecule has 0 bridgehead atoms. The molecule has 1 fully saturated rings. The summed E-state index contributed by atoms with van der Waals surface area (Å²) in [6.45, 7) is 6.74. The van der Waals surface area contributed by atoms with Crippen LogP contribution in [0.4, 0.5) is 5.69 Å². The number of rotatable bonds is 8. The number of likely N-dealkylation sites (tertiary alicyclic amines) is 1. The predicted molar refractivity (Wildman–Crippen MR) is 125 cm³/mol. The summed E-state index contributed by atoms with van der Waals surface area (Å²) in [5, 5.41) is 0. The lowest BCUT2D eigenvalue weighted by Gasteiger charge is -2.30. The number of nitrogens with zero attached hydrogens (tertiary/aromatic N) is 1. The Morgan fingerprint density at radius 1 is 1.03 bits per heavy atom. The maximum absolute atomic E-state index is 12.7. The van der Waals surface area contributed by atoms with Crippen molar-refractivity contribution in [1.82, 2.24) is 4.90 Å². The first-order valence-electron chi connectivity index (χ1n) is 11.0. The van der Waals surface area contributed by atoms with Crippen molar-refractivity contribution in [3.63, 3.8) is 0 Å². The fourth-order valence-corrected chi connectivity index (χ4v) is 4.86. The Bertz CT molecular complexity index is 1070. The van der Waals surface area contributed by atoms with Crippen molar-refractivity contribution in [1.29, 1.82) is 0 Å². The van der Waals surface area contributed by atoms with Gasteiger partial charge in [-0.2, -0.15) is 0 Å². The van der Waals surface area contributed by atoms with E-state index in [1.165, 1.54) is 24.3 Å². The number of piperidine rings is 1. The molecule has 1 aliphatic rings. The minimum atomic E-state index is -3.75. The number of anilines is 1. The largest absolute Gasteiger partial charge is 0.484 e. The van der Waals surface area contributed by atoms with Crippen LogP contribution in [0.1, 0.15) is 30.9 Å². The number of hydrogen-bond acceptors (Lipinski definition) is 6. The number of carbonyl (C=O) groups is 2. The van der Waals surface area contributed by atoms with E-state index in [1.807, 2.05) is 19.9 Å². The molecule has 1 N–H and O–H groups in total. The number of benzene rings is 2. The summed E-state index contributed by atoms with van der Waals surface area (Å²) in [6, 6.07) is 11.4. The third-order valence-corrected chi connectivity index (χ3v) is 6.84. The lowest BCUT2D eigenvalue weighted by atomic mass is 9.97. The molecule has 0 unspecified atom stereocenters. The first-order valence-corrected chi connectivity index (χ1v) is 12.4. The van der Waals surface area contributed by atoms with Gasteiger partial charge in [-0.3, -0.25) is 14.3 Å². The summed E-state index contributed by atoms with van der Waals surface area (Å²) in [4.78, 5) is 26.0. The third kappa shape index (κ3) is 6.71. The molecule has 0 radical (unpaired) electrons. The Hall–Kier alpha value is -3.07. The quantitative estimate of drug-likeness (QED) is 0.589. The van der Waals surface area contributed by atoms with Crippen LogP contribution >= 0.6 is 0 Å². The van der Waals surface area contributed by atoms with E-state index in [-0.39, 0.29) is 29.3 Å². The number of aryl methyl sites for hydroxylation is 2. The summed E-state index contributed by atoms with van der Waals surface area (Å²) < 4.78 is 38.5. The second-order valence-electron chi connectivity index (χ2n) is 8.15. The Morgan fingerprint density at radius 3 is 2.21 bits per heavy atom. The molecule has 0 aromatic heterocycles. The average molecular weight is 475 g/mol. The summed E-state index contributed by atoms with van der Waals surface area (Å²) in [5.74, 6) is -0.148. The van der Waals surface area contributed by atoms with Gasteiger partial charge in [-0.05, 0) is 81.1 Å². The summed E-state index contributed by atoms with van der Waals surface area (Å²) in [6.07, 6.45) is 1.15. The normalized spacial score (nSPS) is 14.6. The van der Waals surface area contributed by atoms with Crippen molar-refractivity contribution < 1.29 is 27.5 Å². The van der Waals surface area contributed by atoms with Crippen LogP contribution in [0.25, 0.3) is 0 Å². The number of nitrogens with one attached hydrogen (secondary N) is 1. The number of carbonyl (C=O) groups excluding carboxylic acids is 2. The number of sulfonamides is 1. The van der Waals surface area contributed by atoms with Crippen molar-refractivity contribution in [2.75, 3.05) is 31.0 Å². The molecule has 1 amide bonds. The van der Waals surface area contributed by atoms with E-state index in [0.29, 0.717) is 44.0 Å². The first-order chi connectivity index (χ1) is 15.7. The Kier molecular flexibility index (Phi) is 7.97. The van der Waals surface area contributed by atoms with Gasteiger partial charge in [-0.15, -0.1) is 0 Å². The van der Waals surface area contributed by atoms with E-state index in [1.54, 1.807) is 24.0 Å². The molecule has 0 aliphatic carbocycles. The van der Waals surface area contributed by atoms with Crippen LogP contribution in [0.3, 0.4) is 0 Å². The lowest BCUT2D eigenvalue weighted by Crippen LogP contribution is -2.42. The van der Waals surface area contributed by atoms with Gasteiger partial charge in [0.05, 0.1) is 17.4 Å². The molecule has 1 aliphatic heterocycles. The molecule has 0 saturated carbocycles. The summed E-state index contributed by atoms with van der Waals surface area (Å²) in [5.41, 5.74) is 2.43. The predicted octanol–water partition coefficient (Wildman–Crippen LogP) is 3.28. The van der Waals surface area contributed by atoms with Crippen molar-refractivity contribution >= 4 is 27.6 Å². The minimum Gasteiger partial charge on any atom is -0.484 e. The van der Waals surface area contributed by atoms with Gasteiger partial charge in [0, 0.05) is 18.8 Å². The van der Waals surface area contributed by atoms with Crippen LogP contribution < -0.4 is 9.46 Å². The maximum Gasteiger partial charge on any atom is 0.309 e. The van der Waals surface area contributed by atoms with Gasteiger partial charge in [0.15, 0.2) is 6.61 Å². The molecular weight excluding hydrogens is 444 g/mol. The fourth-order valence-electron chi connectivity index (χ4n) is 3.82. The van der Waals surface area contributed by atoms with Gasteiger partial charge in [0.25, 0.3) is 15.9 Å². The van der Waals surface area contributed by atoms with Crippen LogP contribution in [0.2, 0.25) is 0 Å². The SMILES string of the molecule is CCOC(=O)C1CCN(C(=O)COc2ccc(S(=O)(=O)Nc3cc(C)cc(C)c3)cc2)CC1. The highest BCUT2D eigenvalue weighted by Crippen LogP contribution is 2.22. The zero-order valence-electron chi connectivity index (χ0n) is 19.2. The fraction of sp³-hybridized carbons (Fsp3) is 0.417. The topological polar surface area (TPSA) is 102 Å². The van der Waals surface area contributed by atoms with Crippen LogP contribution in [-0.2, 0) is 24.3 Å². The molecule has 9 heteroatoms. The minimum absolute atomic E-state index is 0.0985. The van der Waals surface area contributed by atoms with Crippen molar-refractivity contribution in [3.05, 3.63) is 53.6 Å². The zero-order chi connectivity index (χ0) is 24.0.